The highest BCUT2D eigenvalue weighted by Gasteiger charge is 2.23. The molecule has 0 saturated carbocycles. The van der Waals surface area contributed by atoms with Crippen LogP contribution < -0.4 is 10.3 Å². The summed E-state index contributed by atoms with van der Waals surface area (Å²) in [6.45, 7) is 4.50. The molecule has 0 N–H and O–H groups in total. The minimum absolute atomic E-state index is 0.0226. The first-order valence-electron chi connectivity index (χ1n) is 12.2. The fourth-order valence-corrected chi connectivity index (χ4v) is 5.45. The molecule has 5 aromatic rings. The Morgan fingerprint density at radius 1 is 1.00 bits per heavy atom. The number of benzene rings is 2. The Bertz CT molecular complexity index is 1680. The van der Waals surface area contributed by atoms with Crippen LogP contribution in [0.3, 0.4) is 0 Å². The molecule has 0 radical (unpaired) electrons. The predicted octanol–water partition coefficient (Wildman–Crippen LogP) is 5.02. The number of aryl methyl sites for hydroxylation is 1. The molecule has 6 nitrogen and oxygen atoms in total. The summed E-state index contributed by atoms with van der Waals surface area (Å²) < 4.78 is 7.40. The third kappa shape index (κ3) is 3.74. The van der Waals surface area contributed by atoms with Gasteiger partial charge in [0.1, 0.15) is 11.3 Å². The van der Waals surface area contributed by atoms with Gasteiger partial charge in [-0.25, -0.2) is 4.98 Å². The Morgan fingerprint density at radius 3 is 2.75 bits per heavy atom. The normalized spacial score (nSPS) is 13.8. The Morgan fingerprint density at radius 2 is 1.89 bits per heavy atom. The number of ether oxygens (including phenoxy) is 1. The van der Waals surface area contributed by atoms with E-state index in [0.717, 1.165) is 59.4 Å². The van der Waals surface area contributed by atoms with E-state index in [2.05, 4.69) is 40.2 Å². The van der Waals surface area contributed by atoms with Crippen molar-refractivity contribution >= 4 is 21.8 Å². The molecule has 6 rings (SSSR count). The zero-order chi connectivity index (χ0) is 24.8. The maximum absolute atomic E-state index is 13.5. The summed E-state index contributed by atoms with van der Waals surface area (Å²) in [6, 6.07) is 20.5. The van der Waals surface area contributed by atoms with Gasteiger partial charge in [0.15, 0.2) is 0 Å². The largest absolute Gasteiger partial charge is 0.494 e. The van der Waals surface area contributed by atoms with Crippen molar-refractivity contribution < 1.29 is 4.74 Å². The summed E-state index contributed by atoms with van der Waals surface area (Å²) in [6.07, 6.45) is 2.68. The summed E-state index contributed by atoms with van der Waals surface area (Å²) in [5.41, 5.74) is 7.91. The minimum Gasteiger partial charge on any atom is -0.494 e. The van der Waals surface area contributed by atoms with Gasteiger partial charge in [-0.05, 0) is 60.0 Å². The molecule has 0 saturated heterocycles. The quantitative estimate of drug-likeness (QED) is 0.364. The molecular weight excluding hydrogens is 448 g/mol. The second-order valence-corrected chi connectivity index (χ2v) is 9.51. The van der Waals surface area contributed by atoms with E-state index in [4.69, 9.17) is 9.72 Å². The smallest absolute Gasteiger partial charge is 0.258 e. The van der Waals surface area contributed by atoms with Gasteiger partial charge in [-0.3, -0.25) is 14.7 Å². The molecule has 0 unspecified atom stereocenters. The van der Waals surface area contributed by atoms with Gasteiger partial charge < -0.3 is 9.30 Å². The van der Waals surface area contributed by atoms with Crippen LogP contribution in [0.2, 0.25) is 0 Å². The van der Waals surface area contributed by atoms with Gasteiger partial charge >= 0.3 is 0 Å². The molecular formula is C30H28N4O2. The van der Waals surface area contributed by atoms with Crippen molar-refractivity contribution in [1.29, 1.82) is 0 Å². The number of rotatable bonds is 4. The topological polar surface area (TPSA) is 60.2 Å². The number of nitrogens with zero attached hydrogens (tertiary/aromatic N) is 4. The van der Waals surface area contributed by atoms with Crippen LogP contribution >= 0.6 is 0 Å². The maximum atomic E-state index is 13.5. The van der Waals surface area contributed by atoms with E-state index in [-0.39, 0.29) is 5.56 Å². The number of pyridine rings is 3. The molecule has 1 aliphatic rings. The third-order valence-electron chi connectivity index (χ3n) is 7.29. The number of fused-ring (bicyclic) bond motifs is 3. The molecule has 1 aliphatic heterocycles. The van der Waals surface area contributed by atoms with Crippen LogP contribution in [0.25, 0.3) is 32.9 Å². The van der Waals surface area contributed by atoms with Gasteiger partial charge in [0, 0.05) is 67.0 Å². The van der Waals surface area contributed by atoms with Crippen LogP contribution in [0, 0.1) is 6.92 Å². The van der Waals surface area contributed by atoms with E-state index in [0.29, 0.717) is 11.3 Å². The summed E-state index contributed by atoms with van der Waals surface area (Å²) in [4.78, 5) is 25.2. The van der Waals surface area contributed by atoms with Crippen molar-refractivity contribution in [2.45, 2.75) is 26.4 Å². The van der Waals surface area contributed by atoms with E-state index < -0.39 is 0 Å². The molecule has 0 aliphatic carbocycles. The van der Waals surface area contributed by atoms with Gasteiger partial charge in [0.25, 0.3) is 5.56 Å². The molecule has 0 atom stereocenters. The molecule has 180 valence electrons. The van der Waals surface area contributed by atoms with E-state index in [9.17, 15) is 4.79 Å². The zero-order valence-electron chi connectivity index (χ0n) is 20.8. The fraction of sp³-hybridized carbons (Fsp3) is 0.233. The van der Waals surface area contributed by atoms with Crippen molar-refractivity contribution in [2.75, 3.05) is 13.7 Å². The van der Waals surface area contributed by atoms with Gasteiger partial charge in [-0.15, -0.1) is 0 Å². The van der Waals surface area contributed by atoms with Gasteiger partial charge in [-0.2, -0.15) is 0 Å². The average Bonchev–Trinajstić information content (AvgIpc) is 2.90. The van der Waals surface area contributed by atoms with Crippen LogP contribution in [0.4, 0.5) is 0 Å². The van der Waals surface area contributed by atoms with E-state index in [1.54, 1.807) is 7.11 Å². The Kier molecular flexibility index (Phi) is 5.53. The lowest BCUT2D eigenvalue weighted by molar-refractivity contribution is 0.242. The van der Waals surface area contributed by atoms with E-state index in [1.807, 2.05) is 55.1 Å². The second-order valence-electron chi connectivity index (χ2n) is 9.51. The first-order chi connectivity index (χ1) is 17.5. The molecule has 0 amide bonds. The number of aromatic nitrogens is 3. The SMILES string of the molecule is COc1ccc(-c2cc3c(n(C)c2=O)CCN(Cc2cccc4ncccc24)C3)c2ccc(C)nc12. The monoisotopic (exact) mass is 476 g/mol. The molecule has 4 heterocycles. The third-order valence-corrected chi connectivity index (χ3v) is 7.29. The van der Waals surface area contributed by atoms with Gasteiger partial charge in [-0.1, -0.05) is 24.3 Å². The van der Waals surface area contributed by atoms with Crippen molar-refractivity contribution in [3.05, 3.63) is 99.7 Å². The first kappa shape index (κ1) is 22.4. The van der Waals surface area contributed by atoms with E-state index >= 15 is 0 Å². The van der Waals surface area contributed by atoms with Gasteiger partial charge in [0.05, 0.1) is 12.6 Å². The predicted molar refractivity (Wildman–Crippen MR) is 143 cm³/mol. The summed E-state index contributed by atoms with van der Waals surface area (Å²) in [7, 11) is 3.54. The molecule has 36 heavy (non-hydrogen) atoms. The molecule has 0 spiro atoms. The molecule has 2 aromatic carbocycles. The highest BCUT2D eigenvalue weighted by atomic mass is 16.5. The van der Waals surface area contributed by atoms with Crippen LogP contribution in [0.5, 0.6) is 5.75 Å². The Hall–Kier alpha value is -4.03. The van der Waals surface area contributed by atoms with Crippen LogP contribution in [0.1, 0.15) is 22.5 Å². The van der Waals surface area contributed by atoms with Crippen molar-refractivity contribution in [1.82, 2.24) is 19.4 Å². The zero-order valence-corrected chi connectivity index (χ0v) is 20.8. The second kappa shape index (κ2) is 8.88. The van der Waals surface area contributed by atoms with Crippen LogP contribution in [-0.2, 0) is 26.6 Å². The lowest BCUT2D eigenvalue weighted by Gasteiger charge is -2.30. The Balaban J connectivity index is 1.41. The maximum Gasteiger partial charge on any atom is 0.258 e. The molecule has 0 fully saturated rings. The van der Waals surface area contributed by atoms with Gasteiger partial charge in [0.2, 0.25) is 0 Å². The highest BCUT2D eigenvalue weighted by Crippen LogP contribution is 2.34. The van der Waals surface area contributed by atoms with Crippen LogP contribution in [-0.4, -0.2) is 33.1 Å². The Labute approximate surface area is 209 Å². The number of hydrogen-bond acceptors (Lipinski definition) is 5. The number of methoxy groups -OCH3 is 1. The molecule has 0 bridgehead atoms. The lowest BCUT2D eigenvalue weighted by atomic mass is 9.96. The van der Waals surface area contributed by atoms with Crippen molar-refractivity contribution in [3.8, 4) is 16.9 Å². The average molecular weight is 477 g/mol. The van der Waals surface area contributed by atoms with Crippen molar-refractivity contribution in [2.24, 2.45) is 7.05 Å². The summed E-state index contributed by atoms with van der Waals surface area (Å²) in [5, 5.41) is 2.12. The summed E-state index contributed by atoms with van der Waals surface area (Å²) in [5.74, 6) is 0.711. The standard InChI is InChI=1S/C30H28N4O2/c1-19-9-10-24-23(11-12-28(36-3)29(24)32-19)25-16-21-18-34(15-13-27(21)33(2)30(25)35)17-20-6-4-8-26-22(20)7-5-14-31-26/h4-12,14,16H,13,15,17-18H2,1-3H3. The lowest BCUT2D eigenvalue weighted by Crippen LogP contribution is -2.35. The fourth-order valence-electron chi connectivity index (χ4n) is 5.45. The molecule has 6 heteroatoms. The van der Waals surface area contributed by atoms with Crippen LogP contribution in [0.15, 0.2) is 71.7 Å². The minimum atomic E-state index is 0.0226. The number of hydrogen-bond donors (Lipinski definition) is 0. The highest BCUT2D eigenvalue weighted by molar-refractivity contribution is 5.98. The summed E-state index contributed by atoms with van der Waals surface area (Å²) >= 11 is 0. The molecule has 3 aromatic heterocycles. The van der Waals surface area contributed by atoms with Crippen molar-refractivity contribution in [3.63, 3.8) is 0 Å². The first-order valence-corrected chi connectivity index (χ1v) is 12.2. The van der Waals surface area contributed by atoms with E-state index in [1.165, 1.54) is 16.5 Å².